The first-order valence-corrected chi connectivity index (χ1v) is 12.1. The van der Waals surface area contributed by atoms with E-state index in [1.165, 1.54) is 21.9 Å². The zero-order valence-electron chi connectivity index (χ0n) is 20.0. The molecule has 1 heterocycles. The molecule has 0 radical (unpaired) electrons. The van der Waals surface area contributed by atoms with E-state index in [4.69, 9.17) is 5.73 Å². The molecule has 6 nitrogen and oxygen atoms in total. The van der Waals surface area contributed by atoms with Gasteiger partial charge in [-0.15, -0.1) is 11.3 Å². The lowest BCUT2D eigenvalue weighted by atomic mass is 9.89. The Bertz CT molecular complexity index is 1200. The molecule has 0 bridgehead atoms. The maximum absolute atomic E-state index is 13.8. The number of aliphatic carboxylic acids is 1. The van der Waals surface area contributed by atoms with Crippen LogP contribution in [0.3, 0.4) is 0 Å². The monoisotopic (exact) mass is 496 g/mol. The molecule has 0 saturated carbocycles. The summed E-state index contributed by atoms with van der Waals surface area (Å²) in [5.41, 5.74) is 6.34. The highest BCUT2D eigenvalue weighted by Gasteiger charge is 2.40. The summed E-state index contributed by atoms with van der Waals surface area (Å²) >= 11 is 1.64. The first-order valence-electron chi connectivity index (χ1n) is 11.2. The lowest BCUT2D eigenvalue weighted by Gasteiger charge is -2.42. The van der Waals surface area contributed by atoms with Gasteiger partial charge in [0.1, 0.15) is 11.9 Å². The van der Waals surface area contributed by atoms with Gasteiger partial charge >= 0.3 is 5.97 Å². The van der Waals surface area contributed by atoms with Crippen molar-refractivity contribution in [3.05, 3.63) is 82.5 Å². The normalized spacial score (nSPS) is 12.2. The lowest BCUT2D eigenvalue weighted by Crippen LogP contribution is -2.57. The van der Waals surface area contributed by atoms with E-state index in [1.807, 2.05) is 31.2 Å². The molecule has 35 heavy (non-hydrogen) atoms. The second kappa shape index (κ2) is 10.8. The topological polar surface area (TPSA) is 101 Å². The number of carbonyl (C=O) groups is 3. The van der Waals surface area contributed by atoms with Crippen molar-refractivity contribution >= 4 is 29.1 Å². The molecule has 2 aromatic carbocycles. The second-order valence-electron chi connectivity index (χ2n) is 9.14. The molecule has 2 amide bonds. The number of thiophene rings is 1. The van der Waals surface area contributed by atoms with Gasteiger partial charge in [-0.05, 0) is 81.1 Å². The maximum Gasteiger partial charge on any atom is 0.326 e. The van der Waals surface area contributed by atoms with Gasteiger partial charge in [0, 0.05) is 27.3 Å². The van der Waals surface area contributed by atoms with Crippen molar-refractivity contribution in [2.24, 2.45) is 5.73 Å². The Morgan fingerprint density at radius 1 is 1.03 bits per heavy atom. The minimum atomic E-state index is -1.27. The number of nitrogens with two attached hydrogens (primary N) is 1. The van der Waals surface area contributed by atoms with E-state index in [1.54, 1.807) is 49.4 Å². The van der Waals surface area contributed by atoms with Crippen LogP contribution in [0.2, 0.25) is 0 Å². The number of halogens is 1. The van der Waals surface area contributed by atoms with Crippen LogP contribution in [-0.2, 0) is 16.0 Å². The van der Waals surface area contributed by atoms with E-state index in [2.05, 4.69) is 0 Å². The predicted octanol–water partition coefficient (Wildman–Crippen LogP) is 5.04. The van der Waals surface area contributed by atoms with Crippen LogP contribution in [0.15, 0.2) is 60.7 Å². The van der Waals surface area contributed by atoms with Crippen molar-refractivity contribution in [2.75, 3.05) is 0 Å². The number of hydrogen-bond acceptors (Lipinski definition) is 4. The SMILES string of the molecule is Cc1ccc(-c2ccc(C(=O)N([C@@H](CCC(N)=O)C(=O)O)C(C)(C)Cc3ccc(F)cc3)cc2)s1. The summed E-state index contributed by atoms with van der Waals surface area (Å²) in [6.07, 6.45) is -0.00816. The van der Waals surface area contributed by atoms with Crippen LogP contribution >= 0.6 is 11.3 Å². The number of rotatable bonds is 10. The lowest BCUT2D eigenvalue weighted by molar-refractivity contribution is -0.144. The van der Waals surface area contributed by atoms with Crippen LogP contribution in [0.5, 0.6) is 0 Å². The van der Waals surface area contributed by atoms with Crippen molar-refractivity contribution < 1.29 is 23.9 Å². The van der Waals surface area contributed by atoms with Crippen molar-refractivity contribution in [3.63, 3.8) is 0 Å². The fourth-order valence-electron chi connectivity index (χ4n) is 4.17. The molecular weight excluding hydrogens is 467 g/mol. The average molecular weight is 497 g/mol. The Morgan fingerprint density at radius 2 is 1.66 bits per heavy atom. The minimum Gasteiger partial charge on any atom is -0.480 e. The molecule has 0 aliphatic carbocycles. The van der Waals surface area contributed by atoms with E-state index >= 15 is 0 Å². The third-order valence-corrected chi connectivity index (χ3v) is 6.89. The van der Waals surface area contributed by atoms with Gasteiger partial charge in [-0.25, -0.2) is 9.18 Å². The average Bonchev–Trinajstić information content (AvgIpc) is 3.23. The van der Waals surface area contributed by atoms with E-state index in [0.29, 0.717) is 5.56 Å². The number of primary amides is 1. The van der Waals surface area contributed by atoms with E-state index in [-0.39, 0.29) is 25.1 Å². The van der Waals surface area contributed by atoms with Crippen molar-refractivity contribution in [1.82, 2.24) is 4.90 Å². The van der Waals surface area contributed by atoms with Gasteiger partial charge in [0.15, 0.2) is 0 Å². The van der Waals surface area contributed by atoms with Crippen LogP contribution in [0.25, 0.3) is 10.4 Å². The molecule has 0 aliphatic heterocycles. The first kappa shape index (κ1) is 26.1. The highest BCUT2D eigenvalue weighted by Crippen LogP contribution is 2.30. The van der Waals surface area contributed by atoms with E-state index in [9.17, 15) is 23.9 Å². The van der Waals surface area contributed by atoms with Gasteiger partial charge in [-0.1, -0.05) is 24.3 Å². The zero-order chi connectivity index (χ0) is 25.8. The van der Waals surface area contributed by atoms with Gasteiger partial charge in [0.25, 0.3) is 5.91 Å². The molecule has 1 atom stereocenters. The molecule has 0 aliphatic rings. The maximum atomic E-state index is 13.8. The third-order valence-electron chi connectivity index (χ3n) is 5.84. The number of carboxylic acids is 1. The molecule has 0 fully saturated rings. The smallest absolute Gasteiger partial charge is 0.326 e. The highest BCUT2D eigenvalue weighted by molar-refractivity contribution is 7.15. The summed E-state index contributed by atoms with van der Waals surface area (Å²) in [4.78, 5) is 41.0. The Morgan fingerprint density at radius 3 is 2.17 bits per heavy atom. The fourth-order valence-corrected chi connectivity index (χ4v) is 5.05. The van der Waals surface area contributed by atoms with E-state index < -0.39 is 29.4 Å². The van der Waals surface area contributed by atoms with Gasteiger partial charge in [-0.2, -0.15) is 0 Å². The highest BCUT2D eigenvalue weighted by atomic mass is 32.1. The summed E-state index contributed by atoms with van der Waals surface area (Å²) in [5, 5.41) is 10.0. The number of carbonyl (C=O) groups excluding carboxylic acids is 2. The number of hydrogen-bond donors (Lipinski definition) is 2. The Labute approximate surface area is 208 Å². The van der Waals surface area contributed by atoms with Crippen LogP contribution in [-0.4, -0.2) is 39.4 Å². The van der Waals surface area contributed by atoms with Gasteiger partial charge in [0.2, 0.25) is 5.91 Å². The van der Waals surface area contributed by atoms with Crippen molar-refractivity contribution in [1.29, 1.82) is 0 Å². The summed E-state index contributed by atoms with van der Waals surface area (Å²) in [7, 11) is 0. The number of aryl methyl sites for hydroxylation is 1. The predicted molar refractivity (Wildman–Crippen MR) is 135 cm³/mol. The van der Waals surface area contributed by atoms with Crippen LogP contribution < -0.4 is 5.73 Å². The van der Waals surface area contributed by atoms with Crippen molar-refractivity contribution in [3.8, 4) is 10.4 Å². The molecule has 3 aromatic rings. The summed E-state index contributed by atoms with van der Waals surface area (Å²) < 4.78 is 13.4. The fraction of sp³-hybridized carbons (Fsp3) is 0.296. The summed E-state index contributed by atoms with van der Waals surface area (Å²) in [6.45, 7) is 5.54. The van der Waals surface area contributed by atoms with Crippen LogP contribution in [0.4, 0.5) is 4.39 Å². The largest absolute Gasteiger partial charge is 0.480 e. The number of amides is 2. The summed E-state index contributed by atoms with van der Waals surface area (Å²) in [6, 6.07) is 15.7. The van der Waals surface area contributed by atoms with Gasteiger partial charge in [0.05, 0.1) is 0 Å². The van der Waals surface area contributed by atoms with Gasteiger partial charge < -0.3 is 15.7 Å². The third kappa shape index (κ3) is 6.54. The summed E-state index contributed by atoms with van der Waals surface area (Å²) in [5.74, 6) is -2.72. The quantitative estimate of drug-likeness (QED) is 0.410. The molecule has 0 spiro atoms. The number of carboxylic acid groups (broad SMARTS) is 1. The number of benzene rings is 2. The minimum absolute atomic E-state index is 0.115. The Kier molecular flexibility index (Phi) is 8.07. The Hall–Kier alpha value is -3.52. The molecule has 0 unspecified atom stereocenters. The first-order chi connectivity index (χ1) is 16.5. The molecule has 3 N–H and O–H groups in total. The number of nitrogens with zero attached hydrogens (tertiary/aromatic N) is 1. The second-order valence-corrected chi connectivity index (χ2v) is 10.4. The Balaban J connectivity index is 1.98. The molecule has 184 valence electrons. The van der Waals surface area contributed by atoms with Crippen LogP contribution in [0, 0.1) is 12.7 Å². The van der Waals surface area contributed by atoms with Crippen LogP contribution in [0.1, 0.15) is 47.5 Å². The van der Waals surface area contributed by atoms with Crippen molar-refractivity contribution in [2.45, 2.75) is 51.6 Å². The standard InChI is InChI=1S/C27H29FN2O4S/c1-17-4-14-23(35-17)19-7-9-20(10-8-19)25(32)30(22(26(33)34)13-15-24(29)31)27(2,3)16-18-5-11-21(28)12-6-18/h4-12,14,22H,13,15-16H2,1-3H3,(H2,29,31)(H,33,34)/t22-/m0/s1. The zero-order valence-corrected chi connectivity index (χ0v) is 20.8. The van der Waals surface area contributed by atoms with Gasteiger partial charge in [-0.3, -0.25) is 9.59 Å². The van der Waals surface area contributed by atoms with E-state index in [0.717, 1.165) is 16.0 Å². The molecule has 0 saturated heterocycles. The molecule has 8 heteroatoms. The molecule has 3 rings (SSSR count). The molecule has 1 aromatic heterocycles. The molecular formula is C27H29FN2O4S.